The van der Waals surface area contributed by atoms with E-state index in [1.807, 2.05) is 0 Å². The first-order chi connectivity index (χ1) is 9.24. The molecule has 0 aliphatic carbocycles. The van der Waals surface area contributed by atoms with Gasteiger partial charge in [-0.3, -0.25) is 4.79 Å². The van der Waals surface area contributed by atoms with Crippen molar-refractivity contribution in [1.29, 1.82) is 0 Å². The van der Waals surface area contributed by atoms with Gasteiger partial charge in [0.25, 0.3) is 0 Å². The Morgan fingerprint density at radius 2 is 2.00 bits per heavy atom. The van der Waals surface area contributed by atoms with Crippen LogP contribution in [-0.4, -0.2) is 29.1 Å². The van der Waals surface area contributed by atoms with E-state index in [-0.39, 0.29) is 18.9 Å². The van der Waals surface area contributed by atoms with E-state index < -0.39 is 23.1 Å². The van der Waals surface area contributed by atoms with Gasteiger partial charge in [-0.15, -0.1) is 0 Å². The summed E-state index contributed by atoms with van der Waals surface area (Å²) in [4.78, 5) is 16.5. The Morgan fingerprint density at radius 3 is 2.50 bits per heavy atom. The van der Waals surface area contributed by atoms with Crippen molar-refractivity contribution in [3.8, 4) is 0 Å². The number of carboxylic acids is 1. The molecule has 1 N–H and O–H groups in total. The highest BCUT2D eigenvalue weighted by atomic mass is 19.4. The van der Waals surface area contributed by atoms with Gasteiger partial charge in [0.15, 0.2) is 0 Å². The first kappa shape index (κ1) is 14.6. The Kier molecular flexibility index (Phi) is 3.62. The van der Waals surface area contributed by atoms with Crippen molar-refractivity contribution in [3.63, 3.8) is 0 Å². The first-order valence-corrected chi connectivity index (χ1v) is 6.24. The lowest BCUT2D eigenvalue weighted by molar-refractivity contribution is -0.149. The molecule has 0 amide bonds. The number of hydrogen-bond donors (Lipinski definition) is 1. The number of rotatable bonds is 2. The second kappa shape index (κ2) is 4.96. The summed E-state index contributed by atoms with van der Waals surface area (Å²) in [5, 5.41) is 9.12. The van der Waals surface area contributed by atoms with Crippen LogP contribution in [0, 0.1) is 5.41 Å². The van der Waals surface area contributed by atoms with Gasteiger partial charge in [0.05, 0.1) is 11.0 Å². The molecule has 2 heterocycles. The summed E-state index contributed by atoms with van der Waals surface area (Å²) in [6, 6.07) is 2.24. The third kappa shape index (κ3) is 2.71. The zero-order chi connectivity index (χ0) is 15.0. The van der Waals surface area contributed by atoms with Gasteiger partial charge < -0.3 is 10.0 Å². The van der Waals surface area contributed by atoms with Crippen LogP contribution in [0.3, 0.4) is 0 Å². The number of carbonyl (C=O) groups is 1. The number of anilines is 1. The number of pyridine rings is 1. The fraction of sp³-hybridized carbons (Fsp3) is 0.538. The van der Waals surface area contributed by atoms with E-state index in [0.29, 0.717) is 12.8 Å². The highest BCUT2D eigenvalue weighted by Gasteiger charge is 2.40. The Hall–Kier alpha value is -1.79. The topological polar surface area (TPSA) is 53.4 Å². The predicted octanol–water partition coefficient (Wildman–Crippen LogP) is 2.79. The predicted molar refractivity (Wildman–Crippen MR) is 66.4 cm³/mol. The Labute approximate surface area is 114 Å². The second-order valence-corrected chi connectivity index (χ2v) is 5.23. The summed E-state index contributed by atoms with van der Waals surface area (Å²) < 4.78 is 38.8. The van der Waals surface area contributed by atoms with Crippen molar-refractivity contribution in [1.82, 2.24) is 4.98 Å². The van der Waals surface area contributed by atoms with Gasteiger partial charge in [0.1, 0.15) is 5.82 Å². The SMILES string of the molecule is CC1(C(=O)O)CCN(c2ncccc2C(F)(F)F)CC1. The van der Waals surface area contributed by atoms with E-state index in [0.717, 1.165) is 6.07 Å². The molecule has 0 bridgehead atoms. The fourth-order valence-corrected chi connectivity index (χ4v) is 2.30. The minimum absolute atomic E-state index is 0.118. The average molecular weight is 288 g/mol. The monoisotopic (exact) mass is 288 g/mol. The molecule has 0 saturated carbocycles. The van der Waals surface area contributed by atoms with Crippen molar-refractivity contribution in [2.24, 2.45) is 5.41 Å². The molecular weight excluding hydrogens is 273 g/mol. The average Bonchev–Trinajstić information content (AvgIpc) is 2.38. The van der Waals surface area contributed by atoms with E-state index in [1.54, 1.807) is 6.92 Å². The lowest BCUT2D eigenvalue weighted by Crippen LogP contribution is -2.43. The number of alkyl halides is 3. The molecule has 0 spiro atoms. The third-order valence-corrected chi connectivity index (χ3v) is 3.77. The van der Waals surface area contributed by atoms with Gasteiger partial charge in [-0.25, -0.2) is 4.98 Å². The summed E-state index contributed by atoms with van der Waals surface area (Å²) in [5.41, 5.74) is -1.65. The van der Waals surface area contributed by atoms with Gasteiger partial charge in [-0.05, 0) is 31.9 Å². The van der Waals surface area contributed by atoms with E-state index in [1.165, 1.54) is 17.2 Å². The molecule has 110 valence electrons. The highest BCUT2D eigenvalue weighted by Crippen LogP contribution is 2.38. The Balaban J connectivity index is 2.22. The fourth-order valence-electron chi connectivity index (χ4n) is 2.30. The number of aliphatic carboxylic acids is 1. The quantitative estimate of drug-likeness (QED) is 0.909. The van der Waals surface area contributed by atoms with Crippen LogP contribution in [0.25, 0.3) is 0 Å². The van der Waals surface area contributed by atoms with Crippen LogP contribution in [0.15, 0.2) is 18.3 Å². The van der Waals surface area contributed by atoms with Gasteiger partial charge in [-0.2, -0.15) is 13.2 Å². The van der Waals surface area contributed by atoms with Crippen LogP contribution in [0.4, 0.5) is 19.0 Å². The van der Waals surface area contributed by atoms with Crippen LogP contribution >= 0.6 is 0 Å². The number of piperidine rings is 1. The molecule has 1 aromatic heterocycles. The van der Waals surface area contributed by atoms with Crippen molar-refractivity contribution < 1.29 is 23.1 Å². The minimum Gasteiger partial charge on any atom is -0.481 e. The molecule has 0 atom stereocenters. The maximum Gasteiger partial charge on any atom is 0.419 e. The lowest BCUT2D eigenvalue weighted by atomic mass is 9.80. The summed E-state index contributed by atoms with van der Waals surface area (Å²) in [5.74, 6) is -1.03. The van der Waals surface area contributed by atoms with Crippen molar-refractivity contribution in [3.05, 3.63) is 23.9 Å². The van der Waals surface area contributed by atoms with Gasteiger partial charge in [-0.1, -0.05) is 0 Å². The second-order valence-electron chi connectivity index (χ2n) is 5.23. The molecule has 0 unspecified atom stereocenters. The molecular formula is C13H15F3N2O2. The first-order valence-electron chi connectivity index (χ1n) is 6.24. The zero-order valence-electron chi connectivity index (χ0n) is 10.9. The number of hydrogen-bond acceptors (Lipinski definition) is 3. The van der Waals surface area contributed by atoms with Crippen LogP contribution < -0.4 is 4.90 Å². The smallest absolute Gasteiger partial charge is 0.419 e. The van der Waals surface area contributed by atoms with Gasteiger partial charge in [0.2, 0.25) is 0 Å². The van der Waals surface area contributed by atoms with Crippen molar-refractivity contribution in [2.75, 3.05) is 18.0 Å². The summed E-state index contributed by atoms with van der Waals surface area (Å²) >= 11 is 0. The number of aromatic nitrogens is 1. The Morgan fingerprint density at radius 1 is 1.40 bits per heavy atom. The van der Waals surface area contributed by atoms with E-state index >= 15 is 0 Å². The summed E-state index contributed by atoms with van der Waals surface area (Å²) in [6.45, 7) is 2.13. The molecule has 4 nitrogen and oxygen atoms in total. The molecule has 1 aromatic rings. The molecule has 1 aliphatic rings. The molecule has 0 radical (unpaired) electrons. The normalized spacial score (nSPS) is 18.9. The summed E-state index contributed by atoms with van der Waals surface area (Å²) in [6.07, 6.45) is -2.54. The van der Waals surface area contributed by atoms with E-state index in [4.69, 9.17) is 5.11 Å². The summed E-state index contributed by atoms with van der Waals surface area (Å²) in [7, 11) is 0. The maximum absolute atomic E-state index is 12.9. The van der Waals surface area contributed by atoms with Crippen molar-refractivity contribution >= 4 is 11.8 Å². The molecule has 2 rings (SSSR count). The molecule has 1 fully saturated rings. The van der Waals surface area contributed by atoms with Crippen molar-refractivity contribution in [2.45, 2.75) is 25.9 Å². The van der Waals surface area contributed by atoms with Gasteiger partial charge in [0, 0.05) is 19.3 Å². The molecule has 0 aromatic carbocycles. The van der Waals surface area contributed by atoms with Crippen LogP contribution in [-0.2, 0) is 11.0 Å². The molecule has 1 aliphatic heterocycles. The van der Waals surface area contributed by atoms with E-state index in [9.17, 15) is 18.0 Å². The van der Waals surface area contributed by atoms with Crippen LogP contribution in [0.1, 0.15) is 25.3 Å². The minimum atomic E-state index is -4.46. The zero-order valence-corrected chi connectivity index (χ0v) is 10.9. The maximum atomic E-state index is 12.9. The molecule has 1 saturated heterocycles. The molecule has 20 heavy (non-hydrogen) atoms. The largest absolute Gasteiger partial charge is 0.481 e. The number of carboxylic acid groups (broad SMARTS) is 1. The highest BCUT2D eigenvalue weighted by molar-refractivity contribution is 5.74. The number of nitrogens with zero attached hydrogens (tertiary/aromatic N) is 2. The van der Waals surface area contributed by atoms with Gasteiger partial charge >= 0.3 is 12.1 Å². The Bertz CT molecular complexity index is 509. The van der Waals surface area contributed by atoms with Crippen LogP contribution in [0.5, 0.6) is 0 Å². The van der Waals surface area contributed by atoms with E-state index in [2.05, 4.69) is 4.98 Å². The molecule has 7 heteroatoms. The van der Waals surface area contributed by atoms with Crippen LogP contribution in [0.2, 0.25) is 0 Å². The number of halogens is 3. The standard InChI is InChI=1S/C13H15F3N2O2/c1-12(11(19)20)4-7-18(8-5-12)10-9(13(14,15)16)3-2-6-17-10/h2-3,6H,4-5,7-8H2,1H3,(H,19,20). The lowest BCUT2D eigenvalue weighted by Gasteiger charge is -2.37. The third-order valence-electron chi connectivity index (χ3n) is 3.77.